The predicted octanol–water partition coefficient (Wildman–Crippen LogP) is 5.47. The Kier molecular flexibility index (Phi) is 7.96. The van der Waals surface area contributed by atoms with E-state index in [4.69, 9.17) is 0 Å². The largest absolute Gasteiger partial charge is 0.355 e. The van der Waals surface area contributed by atoms with Crippen molar-refractivity contribution in [1.29, 1.82) is 0 Å². The Balaban J connectivity index is 1.17. The highest BCUT2D eigenvalue weighted by Gasteiger charge is 2.16. The molecule has 0 unspecified atom stereocenters. The number of rotatable bonds is 8. The Bertz CT molecular complexity index is 1670. The van der Waals surface area contributed by atoms with Crippen LogP contribution in [0.1, 0.15) is 20.7 Å². The maximum absolute atomic E-state index is 14.9. The summed E-state index contributed by atoms with van der Waals surface area (Å²) >= 11 is 0. The van der Waals surface area contributed by atoms with E-state index in [0.717, 1.165) is 28.8 Å². The van der Waals surface area contributed by atoms with Gasteiger partial charge in [-0.25, -0.2) is 13.5 Å². The number of aromatic nitrogens is 2. The summed E-state index contributed by atoms with van der Waals surface area (Å²) in [6, 6.07) is 25.8. The first-order chi connectivity index (χ1) is 19.8. The highest BCUT2D eigenvalue weighted by Crippen LogP contribution is 2.21. The van der Waals surface area contributed by atoms with Gasteiger partial charge in [0.1, 0.15) is 19.9 Å². The number of pyridine rings is 2. The molecule has 0 bridgehead atoms. The van der Waals surface area contributed by atoms with Crippen molar-refractivity contribution in [3.8, 4) is 0 Å². The summed E-state index contributed by atoms with van der Waals surface area (Å²) in [5.74, 6) is -1.88. The van der Waals surface area contributed by atoms with Crippen molar-refractivity contribution < 1.29 is 23.1 Å². The van der Waals surface area contributed by atoms with Gasteiger partial charge in [0.15, 0.2) is 24.8 Å². The molecule has 2 amide bonds. The van der Waals surface area contributed by atoms with Crippen LogP contribution < -0.4 is 30.4 Å². The average Bonchev–Trinajstić information content (AvgIpc) is 2.97. The SMILES string of the molecule is C[n+]1ccc(Nc2ccc(NC(=O)c3ccc(C(=O)Nc4ccc(Nc5cc[n+](C)cc5)cc4)c(F)c3)cc2)cc1. The normalized spacial score (nSPS) is 10.5. The number of nitrogens with one attached hydrogen (secondary N) is 4. The van der Waals surface area contributed by atoms with Crippen LogP contribution in [0, 0.1) is 5.82 Å². The van der Waals surface area contributed by atoms with E-state index in [2.05, 4.69) is 21.3 Å². The molecule has 2 heterocycles. The van der Waals surface area contributed by atoms with E-state index in [0.29, 0.717) is 11.4 Å². The zero-order valence-electron chi connectivity index (χ0n) is 22.6. The van der Waals surface area contributed by atoms with Gasteiger partial charge in [0.05, 0.1) is 16.9 Å². The zero-order valence-corrected chi connectivity index (χ0v) is 22.6. The molecule has 3 aromatic carbocycles. The lowest BCUT2D eigenvalue weighted by Crippen LogP contribution is -2.25. The lowest BCUT2D eigenvalue weighted by atomic mass is 10.1. The average molecular weight is 549 g/mol. The monoisotopic (exact) mass is 548 g/mol. The smallest absolute Gasteiger partial charge is 0.258 e. The molecule has 4 N–H and O–H groups in total. The number of hydrogen-bond donors (Lipinski definition) is 4. The van der Waals surface area contributed by atoms with Gasteiger partial charge < -0.3 is 21.3 Å². The second-order valence-corrected chi connectivity index (χ2v) is 9.51. The van der Waals surface area contributed by atoms with E-state index in [-0.39, 0.29) is 11.1 Å². The Hall–Kier alpha value is -5.57. The van der Waals surface area contributed by atoms with Crippen molar-refractivity contribution in [2.45, 2.75) is 0 Å². The van der Waals surface area contributed by atoms with Crippen LogP contribution in [-0.2, 0) is 14.1 Å². The number of halogens is 1. The van der Waals surface area contributed by atoms with Gasteiger partial charge in [0.2, 0.25) is 0 Å². The maximum atomic E-state index is 14.9. The summed E-state index contributed by atoms with van der Waals surface area (Å²) < 4.78 is 18.7. The highest BCUT2D eigenvalue weighted by molar-refractivity contribution is 6.07. The second kappa shape index (κ2) is 12.1. The number of amides is 2. The Morgan fingerprint density at radius 2 is 0.927 bits per heavy atom. The minimum absolute atomic E-state index is 0.100. The van der Waals surface area contributed by atoms with E-state index in [1.54, 1.807) is 24.3 Å². The Morgan fingerprint density at radius 3 is 1.37 bits per heavy atom. The number of carbonyl (C=O) groups excluding carboxylic acids is 2. The molecule has 0 saturated heterocycles. The van der Waals surface area contributed by atoms with Crippen LogP contribution in [-0.4, -0.2) is 11.8 Å². The van der Waals surface area contributed by atoms with Gasteiger partial charge in [-0.15, -0.1) is 0 Å². The molecule has 0 atom stereocenters. The third-order valence-corrected chi connectivity index (χ3v) is 6.30. The summed E-state index contributed by atoms with van der Waals surface area (Å²) in [5.41, 5.74) is 4.57. The Morgan fingerprint density at radius 1 is 0.537 bits per heavy atom. The molecular weight excluding hydrogens is 519 g/mol. The topological polar surface area (TPSA) is 90.0 Å². The lowest BCUT2D eigenvalue weighted by Gasteiger charge is -2.10. The molecule has 0 fully saturated rings. The fraction of sp³-hybridized carbons (Fsp3) is 0.0625. The van der Waals surface area contributed by atoms with Gasteiger partial charge in [0.25, 0.3) is 11.8 Å². The van der Waals surface area contributed by atoms with E-state index in [1.165, 1.54) is 12.1 Å². The first-order valence-corrected chi connectivity index (χ1v) is 12.9. The molecule has 5 aromatic rings. The number of anilines is 6. The number of hydrogen-bond acceptors (Lipinski definition) is 4. The highest BCUT2D eigenvalue weighted by atomic mass is 19.1. The van der Waals surface area contributed by atoms with Gasteiger partial charge in [-0.2, -0.15) is 0 Å². The molecule has 0 aliphatic carbocycles. The molecule has 5 rings (SSSR count). The van der Waals surface area contributed by atoms with Crippen LogP contribution in [0.15, 0.2) is 116 Å². The van der Waals surface area contributed by atoms with Crippen molar-refractivity contribution in [3.05, 3.63) is 133 Å². The van der Waals surface area contributed by atoms with Gasteiger partial charge in [0, 0.05) is 52.6 Å². The fourth-order valence-corrected chi connectivity index (χ4v) is 4.02. The zero-order chi connectivity index (χ0) is 28.8. The van der Waals surface area contributed by atoms with Crippen molar-refractivity contribution in [2.24, 2.45) is 14.1 Å². The van der Waals surface area contributed by atoms with E-state index < -0.39 is 17.6 Å². The van der Waals surface area contributed by atoms with Crippen molar-refractivity contribution >= 4 is 45.9 Å². The first kappa shape index (κ1) is 27.0. The molecule has 0 aliphatic heterocycles. The molecule has 41 heavy (non-hydrogen) atoms. The van der Waals surface area contributed by atoms with E-state index in [9.17, 15) is 14.0 Å². The van der Waals surface area contributed by atoms with Gasteiger partial charge >= 0.3 is 0 Å². The third kappa shape index (κ3) is 7.10. The minimum atomic E-state index is -0.790. The second-order valence-electron chi connectivity index (χ2n) is 9.51. The standard InChI is InChI=1S/C32H27FN6O2/c1-38-17-13-27(14-18-38)34-23-4-8-25(9-5-23)36-31(40)22-3-12-29(30(33)21-22)32(41)37-26-10-6-24(7-11-26)35-28-15-19-39(2)20-16-28/h3-21H,1-2H3,(H2,36,37,40,41)/p+2. The first-order valence-electron chi connectivity index (χ1n) is 12.9. The number of carbonyl (C=O) groups is 2. The van der Waals surface area contributed by atoms with E-state index >= 15 is 0 Å². The summed E-state index contributed by atoms with van der Waals surface area (Å²) in [6.45, 7) is 0. The summed E-state index contributed by atoms with van der Waals surface area (Å²) in [7, 11) is 3.89. The number of nitrogens with zero attached hydrogens (tertiary/aromatic N) is 2. The molecule has 0 radical (unpaired) electrons. The summed E-state index contributed by atoms with van der Waals surface area (Å²) in [4.78, 5) is 25.4. The van der Waals surface area contributed by atoms with Crippen LogP contribution in [0.4, 0.5) is 38.5 Å². The van der Waals surface area contributed by atoms with Crippen LogP contribution in [0.5, 0.6) is 0 Å². The maximum Gasteiger partial charge on any atom is 0.258 e. The quantitative estimate of drug-likeness (QED) is 0.194. The van der Waals surface area contributed by atoms with Gasteiger partial charge in [-0.1, -0.05) is 0 Å². The predicted molar refractivity (Wildman–Crippen MR) is 157 cm³/mol. The van der Waals surface area contributed by atoms with Crippen LogP contribution >= 0.6 is 0 Å². The Labute approximate surface area is 237 Å². The molecule has 0 aliphatic rings. The number of aryl methyl sites for hydroxylation is 2. The molecule has 0 saturated carbocycles. The molecular formula is C32H29FN6O2+2. The fourth-order valence-electron chi connectivity index (χ4n) is 4.02. The molecule has 204 valence electrons. The minimum Gasteiger partial charge on any atom is -0.355 e. The van der Waals surface area contributed by atoms with Crippen LogP contribution in [0.2, 0.25) is 0 Å². The lowest BCUT2D eigenvalue weighted by molar-refractivity contribution is -0.671. The molecule has 2 aromatic heterocycles. The summed E-state index contributed by atoms with van der Waals surface area (Å²) in [6.07, 6.45) is 7.74. The van der Waals surface area contributed by atoms with Crippen LogP contribution in [0.3, 0.4) is 0 Å². The van der Waals surface area contributed by atoms with Crippen molar-refractivity contribution in [2.75, 3.05) is 21.3 Å². The number of benzene rings is 3. The third-order valence-electron chi connectivity index (χ3n) is 6.30. The van der Waals surface area contributed by atoms with Crippen molar-refractivity contribution in [1.82, 2.24) is 0 Å². The van der Waals surface area contributed by atoms with E-state index in [1.807, 2.05) is 96.5 Å². The molecule has 9 heteroatoms. The van der Waals surface area contributed by atoms with Gasteiger partial charge in [-0.3, -0.25) is 9.59 Å². The van der Waals surface area contributed by atoms with Crippen molar-refractivity contribution in [3.63, 3.8) is 0 Å². The molecule has 8 nitrogen and oxygen atoms in total. The van der Waals surface area contributed by atoms with Gasteiger partial charge in [-0.05, 0) is 66.7 Å². The molecule has 0 spiro atoms. The van der Waals surface area contributed by atoms with Crippen LogP contribution in [0.25, 0.3) is 0 Å². The summed E-state index contributed by atoms with van der Waals surface area (Å²) in [5, 5.41) is 12.0.